The van der Waals surface area contributed by atoms with Gasteiger partial charge in [-0.15, -0.1) is 0 Å². The van der Waals surface area contributed by atoms with Crippen molar-refractivity contribution in [3.63, 3.8) is 0 Å². The topological polar surface area (TPSA) is 81.7 Å². The van der Waals surface area contributed by atoms with E-state index in [1.165, 1.54) is 85.0 Å². The highest BCUT2D eigenvalue weighted by atomic mass is 16.5. The van der Waals surface area contributed by atoms with E-state index in [0.717, 1.165) is 19.3 Å². The van der Waals surface area contributed by atoms with Gasteiger partial charge in [0.2, 0.25) is 5.91 Å². The molecule has 0 aliphatic carbocycles. The van der Waals surface area contributed by atoms with Crippen molar-refractivity contribution in [1.29, 1.82) is 0 Å². The van der Waals surface area contributed by atoms with Crippen molar-refractivity contribution in [2.24, 2.45) is 0 Å². The van der Waals surface area contributed by atoms with E-state index in [4.69, 9.17) is 9.47 Å². The minimum absolute atomic E-state index is 0.00739. The van der Waals surface area contributed by atoms with Crippen LogP contribution in [0.4, 0.5) is 0 Å². The number of esters is 2. The van der Waals surface area contributed by atoms with Crippen LogP contribution < -0.4 is 5.32 Å². The Labute approximate surface area is 183 Å². The molecule has 0 radical (unpaired) electrons. The van der Waals surface area contributed by atoms with Gasteiger partial charge in [-0.05, 0) is 6.42 Å². The van der Waals surface area contributed by atoms with Crippen molar-refractivity contribution < 1.29 is 23.9 Å². The minimum atomic E-state index is -0.860. The average Bonchev–Trinajstić information content (AvgIpc) is 2.67. The molecule has 0 bridgehead atoms. The van der Waals surface area contributed by atoms with Gasteiger partial charge < -0.3 is 14.8 Å². The first-order valence-electron chi connectivity index (χ1n) is 11.9. The first-order valence-corrected chi connectivity index (χ1v) is 11.9. The summed E-state index contributed by atoms with van der Waals surface area (Å²) in [7, 11) is 0. The summed E-state index contributed by atoms with van der Waals surface area (Å²) in [5.74, 6) is -1.07. The number of hydrogen-bond acceptors (Lipinski definition) is 5. The molecule has 0 spiro atoms. The molecule has 0 aliphatic rings. The maximum Gasteiger partial charge on any atom is 0.302 e. The number of nitrogens with one attached hydrogen (secondary N) is 1. The second-order valence-corrected chi connectivity index (χ2v) is 8.51. The first-order chi connectivity index (χ1) is 14.3. The van der Waals surface area contributed by atoms with Gasteiger partial charge >= 0.3 is 11.9 Å². The van der Waals surface area contributed by atoms with Crippen LogP contribution in [0.15, 0.2) is 0 Å². The summed E-state index contributed by atoms with van der Waals surface area (Å²) >= 11 is 0. The lowest BCUT2D eigenvalue weighted by Crippen LogP contribution is -2.55. The van der Waals surface area contributed by atoms with Gasteiger partial charge in [-0.1, -0.05) is 90.4 Å². The fourth-order valence-corrected chi connectivity index (χ4v) is 3.65. The number of carbonyl (C=O) groups excluding carboxylic acids is 3. The van der Waals surface area contributed by atoms with Gasteiger partial charge in [-0.2, -0.15) is 0 Å². The third-order valence-corrected chi connectivity index (χ3v) is 5.30. The summed E-state index contributed by atoms with van der Waals surface area (Å²) in [5.41, 5.74) is -0.860. The van der Waals surface area contributed by atoms with E-state index in [2.05, 4.69) is 12.2 Å². The number of unbranched alkanes of at least 4 members (excludes halogenated alkanes) is 12. The summed E-state index contributed by atoms with van der Waals surface area (Å²) in [6, 6.07) is 0. The lowest BCUT2D eigenvalue weighted by Gasteiger charge is -2.33. The Kier molecular flexibility index (Phi) is 17.2. The zero-order chi connectivity index (χ0) is 22.7. The summed E-state index contributed by atoms with van der Waals surface area (Å²) < 4.78 is 10.3. The Balaban J connectivity index is 4.14. The summed E-state index contributed by atoms with van der Waals surface area (Å²) in [6.07, 6.45) is 17.0. The van der Waals surface area contributed by atoms with E-state index in [9.17, 15) is 14.4 Å². The standard InChI is InChI=1S/C24H45NO5/c1-5-6-7-8-9-10-11-12-13-14-15-16-17-18-24(25-21(2)26,19-29-22(3)27)20-30-23(4)28/h5-20H2,1-4H3,(H,25,26). The largest absolute Gasteiger partial charge is 0.463 e. The van der Waals surface area contributed by atoms with Crippen LogP contribution in [0, 0.1) is 0 Å². The molecule has 0 saturated heterocycles. The van der Waals surface area contributed by atoms with Crippen LogP contribution in [0.25, 0.3) is 0 Å². The molecule has 1 amide bonds. The van der Waals surface area contributed by atoms with Crippen LogP contribution in [-0.4, -0.2) is 36.6 Å². The normalized spacial score (nSPS) is 11.2. The molecule has 0 heterocycles. The smallest absolute Gasteiger partial charge is 0.302 e. The number of amides is 1. The summed E-state index contributed by atoms with van der Waals surface area (Å²) in [5, 5.41) is 2.85. The maximum absolute atomic E-state index is 11.7. The van der Waals surface area contributed by atoms with Crippen molar-refractivity contribution in [3.05, 3.63) is 0 Å². The maximum atomic E-state index is 11.7. The summed E-state index contributed by atoms with van der Waals surface area (Å²) in [4.78, 5) is 34.2. The van der Waals surface area contributed by atoms with Gasteiger partial charge in [0.15, 0.2) is 0 Å². The van der Waals surface area contributed by atoms with Crippen LogP contribution in [-0.2, 0) is 23.9 Å². The van der Waals surface area contributed by atoms with E-state index < -0.39 is 17.5 Å². The molecule has 0 unspecified atom stereocenters. The van der Waals surface area contributed by atoms with Gasteiger partial charge in [-0.25, -0.2) is 0 Å². The molecule has 30 heavy (non-hydrogen) atoms. The van der Waals surface area contributed by atoms with Crippen molar-refractivity contribution in [1.82, 2.24) is 5.32 Å². The average molecular weight is 428 g/mol. The molecule has 0 fully saturated rings. The third-order valence-electron chi connectivity index (χ3n) is 5.30. The zero-order valence-electron chi connectivity index (χ0n) is 19.9. The molecule has 0 aromatic carbocycles. The van der Waals surface area contributed by atoms with Gasteiger partial charge in [0.25, 0.3) is 0 Å². The predicted molar refractivity (Wildman–Crippen MR) is 120 cm³/mol. The number of rotatable bonds is 19. The van der Waals surface area contributed by atoms with Crippen LogP contribution in [0.2, 0.25) is 0 Å². The van der Waals surface area contributed by atoms with Crippen LogP contribution >= 0.6 is 0 Å². The fourth-order valence-electron chi connectivity index (χ4n) is 3.65. The summed E-state index contributed by atoms with van der Waals surface area (Å²) in [6.45, 7) is 6.34. The van der Waals surface area contributed by atoms with Crippen LogP contribution in [0.5, 0.6) is 0 Å². The highest BCUT2D eigenvalue weighted by molar-refractivity contribution is 5.74. The fraction of sp³-hybridized carbons (Fsp3) is 0.875. The van der Waals surface area contributed by atoms with E-state index in [1.54, 1.807) is 0 Å². The molecule has 1 N–H and O–H groups in total. The predicted octanol–water partition coefficient (Wildman–Crippen LogP) is 5.47. The van der Waals surface area contributed by atoms with Crippen LogP contribution in [0.3, 0.4) is 0 Å². The van der Waals surface area contributed by atoms with Crippen molar-refractivity contribution >= 4 is 17.8 Å². The zero-order valence-corrected chi connectivity index (χ0v) is 19.9. The van der Waals surface area contributed by atoms with Gasteiger partial charge in [0, 0.05) is 20.8 Å². The minimum Gasteiger partial charge on any atom is -0.463 e. The van der Waals surface area contributed by atoms with E-state index in [1.807, 2.05) is 0 Å². The quantitative estimate of drug-likeness (QED) is 0.218. The van der Waals surface area contributed by atoms with Crippen molar-refractivity contribution in [3.8, 4) is 0 Å². The molecular formula is C24H45NO5. The molecular weight excluding hydrogens is 382 g/mol. The first kappa shape index (κ1) is 28.4. The second-order valence-electron chi connectivity index (χ2n) is 8.51. The van der Waals surface area contributed by atoms with E-state index >= 15 is 0 Å². The Bertz CT molecular complexity index is 460. The molecule has 6 heteroatoms. The molecule has 6 nitrogen and oxygen atoms in total. The van der Waals surface area contributed by atoms with Crippen LogP contribution in [0.1, 0.15) is 118 Å². The Morgan fingerprint density at radius 3 is 1.33 bits per heavy atom. The number of ether oxygens (including phenoxy) is 2. The molecule has 0 aliphatic heterocycles. The second kappa shape index (κ2) is 18.2. The monoisotopic (exact) mass is 427 g/mol. The Hall–Kier alpha value is -1.59. The van der Waals surface area contributed by atoms with Crippen molar-refractivity contribution in [2.45, 2.75) is 123 Å². The lowest BCUT2D eigenvalue weighted by molar-refractivity contribution is -0.150. The molecule has 0 rings (SSSR count). The highest BCUT2D eigenvalue weighted by Gasteiger charge is 2.33. The van der Waals surface area contributed by atoms with Gasteiger partial charge in [0.05, 0.1) is 0 Å². The highest BCUT2D eigenvalue weighted by Crippen LogP contribution is 2.19. The van der Waals surface area contributed by atoms with Gasteiger partial charge in [-0.3, -0.25) is 14.4 Å². The molecule has 0 saturated carbocycles. The number of hydrogen-bond donors (Lipinski definition) is 1. The Morgan fingerprint density at radius 2 is 1.00 bits per heavy atom. The molecule has 176 valence electrons. The molecule has 0 aromatic heterocycles. The van der Waals surface area contributed by atoms with Crippen molar-refractivity contribution in [2.75, 3.05) is 13.2 Å². The molecule has 0 atom stereocenters. The molecule has 0 aromatic rings. The lowest BCUT2D eigenvalue weighted by atomic mass is 9.92. The van der Waals surface area contributed by atoms with E-state index in [-0.39, 0.29) is 19.1 Å². The van der Waals surface area contributed by atoms with E-state index in [0.29, 0.717) is 6.42 Å². The third kappa shape index (κ3) is 17.3. The van der Waals surface area contributed by atoms with Gasteiger partial charge in [0.1, 0.15) is 18.8 Å². The SMILES string of the molecule is CCCCCCCCCCCCCCCC(COC(C)=O)(COC(C)=O)NC(C)=O. The Morgan fingerprint density at radius 1 is 0.633 bits per heavy atom. The number of carbonyl (C=O) groups is 3.